The molecular weight excluding hydrogens is 332 g/mol. The maximum Gasteiger partial charge on any atom is 0.251 e. The second kappa shape index (κ2) is 7.05. The fourth-order valence-electron chi connectivity index (χ4n) is 2.51. The van der Waals surface area contributed by atoms with E-state index in [1.807, 2.05) is 0 Å². The first-order chi connectivity index (χ1) is 11.6. The van der Waals surface area contributed by atoms with E-state index in [1.54, 1.807) is 16.7 Å². The summed E-state index contributed by atoms with van der Waals surface area (Å²) in [5.74, 6) is 0.0722. The number of hydrogen-bond donors (Lipinski definition) is 1. The summed E-state index contributed by atoms with van der Waals surface area (Å²) in [5, 5.41) is 10.0. The van der Waals surface area contributed by atoms with E-state index in [-0.39, 0.29) is 18.2 Å². The fraction of sp³-hybridized carbons (Fsp3) is 0.429. The van der Waals surface area contributed by atoms with E-state index in [1.165, 1.54) is 23.2 Å². The van der Waals surface area contributed by atoms with Crippen LogP contribution in [-0.2, 0) is 10.0 Å². The second-order valence-electron chi connectivity index (χ2n) is 5.45. The van der Waals surface area contributed by atoms with Gasteiger partial charge in [-0.3, -0.25) is 9.36 Å². The number of sulfonamides is 1. The maximum atomic E-state index is 12.2. The van der Waals surface area contributed by atoms with Crippen molar-refractivity contribution >= 4 is 15.9 Å². The van der Waals surface area contributed by atoms with Gasteiger partial charge in [0.25, 0.3) is 5.91 Å². The molecule has 9 nitrogen and oxygen atoms in total. The molecule has 1 N–H and O–H groups in total. The van der Waals surface area contributed by atoms with E-state index in [4.69, 9.17) is 0 Å². The van der Waals surface area contributed by atoms with Crippen molar-refractivity contribution in [1.29, 1.82) is 0 Å². The molecule has 0 spiro atoms. The molecule has 2 aromatic heterocycles. The highest BCUT2D eigenvalue weighted by atomic mass is 32.2. The first-order valence-electron chi connectivity index (χ1n) is 7.63. The Morgan fingerprint density at radius 3 is 2.62 bits per heavy atom. The summed E-state index contributed by atoms with van der Waals surface area (Å²) in [5.41, 5.74) is 0.396. The van der Waals surface area contributed by atoms with Crippen molar-refractivity contribution in [2.75, 3.05) is 25.4 Å². The molecule has 24 heavy (non-hydrogen) atoms. The van der Waals surface area contributed by atoms with Gasteiger partial charge in [-0.1, -0.05) is 0 Å². The lowest BCUT2D eigenvalue weighted by atomic mass is 10.2. The molecule has 2 aromatic rings. The highest BCUT2D eigenvalue weighted by Crippen LogP contribution is 2.12. The third-order valence-electron chi connectivity index (χ3n) is 3.79. The predicted octanol–water partition coefficient (Wildman–Crippen LogP) is -0.182. The highest BCUT2D eigenvalue weighted by Gasteiger charge is 2.24. The Morgan fingerprint density at radius 1 is 1.21 bits per heavy atom. The van der Waals surface area contributed by atoms with Crippen molar-refractivity contribution in [1.82, 2.24) is 29.4 Å². The largest absolute Gasteiger partial charge is 0.351 e. The van der Waals surface area contributed by atoms with Crippen molar-refractivity contribution in [2.45, 2.75) is 12.8 Å². The molecule has 0 bridgehead atoms. The van der Waals surface area contributed by atoms with Crippen molar-refractivity contribution < 1.29 is 13.2 Å². The Labute approximate surface area is 139 Å². The van der Waals surface area contributed by atoms with Crippen LogP contribution in [-0.4, -0.2) is 63.8 Å². The monoisotopic (exact) mass is 350 g/mol. The Morgan fingerprint density at radius 2 is 1.92 bits per heavy atom. The molecule has 0 radical (unpaired) electrons. The molecule has 1 fully saturated rings. The predicted molar refractivity (Wildman–Crippen MR) is 86.1 cm³/mol. The van der Waals surface area contributed by atoms with Gasteiger partial charge in [-0.05, 0) is 25.0 Å². The molecule has 3 heterocycles. The van der Waals surface area contributed by atoms with Gasteiger partial charge in [0.2, 0.25) is 10.0 Å². The molecule has 1 amide bonds. The van der Waals surface area contributed by atoms with Crippen LogP contribution in [0.25, 0.3) is 5.82 Å². The SMILES string of the molecule is O=C(NCCS(=O)(=O)N1CCCC1)c1ccnc(-n2cnnc2)c1. The summed E-state index contributed by atoms with van der Waals surface area (Å²) < 4.78 is 27.3. The van der Waals surface area contributed by atoms with Gasteiger partial charge in [0.15, 0.2) is 0 Å². The molecular formula is C14H18N6O3S. The Hall–Kier alpha value is -2.33. The van der Waals surface area contributed by atoms with Crippen LogP contribution in [0.4, 0.5) is 0 Å². The van der Waals surface area contributed by atoms with E-state index in [0.29, 0.717) is 24.5 Å². The van der Waals surface area contributed by atoms with Crippen molar-refractivity contribution in [3.8, 4) is 5.82 Å². The normalized spacial score (nSPS) is 15.5. The smallest absolute Gasteiger partial charge is 0.251 e. The minimum Gasteiger partial charge on any atom is -0.351 e. The van der Waals surface area contributed by atoms with Crippen molar-refractivity contribution in [2.24, 2.45) is 0 Å². The molecule has 0 unspecified atom stereocenters. The first-order valence-corrected chi connectivity index (χ1v) is 9.24. The van der Waals surface area contributed by atoms with Crippen LogP contribution in [0.3, 0.4) is 0 Å². The van der Waals surface area contributed by atoms with Crippen LogP contribution < -0.4 is 5.32 Å². The maximum absolute atomic E-state index is 12.2. The zero-order chi connectivity index (χ0) is 17.0. The summed E-state index contributed by atoms with van der Waals surface area (Å²) in [6.45, 7) is 1.22. The minimum atomic E-state index is -3.30. The van der Waals surface area contributed by atoms with E-state index >= 15 is 0 Å². The van der Waals surface area contributed by atoms with Gasteiger partial charge >= 0.3 is 0 Å². The second-order valence-corrected chi connectivity index (χ2v) is 7.54. The van der Waals surface area contributed by atoms with E-state index in [2.05, 4.69) is 20.5 Å². The number of amides is 1. The van der Waals surface area contributed by atoms with Gasteiger partial charge in [-0.2, -0.15) is 0 Å². The highest BCUT2D eigenvalue weighted by molar-refractivity contribution is 7.89. The van der Waals surface area contributed by atoms with Gasteiger partial charge in [-0.15, -0.1) is 10.2 Å². The van der Waals surface area contributed by atoms with Crippen LogP contribution in [0.15, 0.2) is 31.0 Å². The van der Waals surface area contributed by atoms with Gasteiger partial charge in [0.1, 0.15) is 18.5 Å². The van der Waals surface area contributed by atoms with Gasteiger partial charge in [0.05, 0.1) is 5.75 Å². The lowest BCUT2D eigenvalue weighted by Crippen LogP contribution is -2.36. The molecule has 1 aliphatic heterocycles. The number of nitrogens with zero attached hydrogens (tertiary/aromatic N) is 5. The minimum absolute atomic E-state index is 0.0714. The Bertz CT molecular complexity index is 800. The summed E-state index contributed by atoms with van der Waals surface area (Å²) >= 11 is 0. The molecule has 1 saturated heterocycles. The molecule has 0 aliphatic carbocycles. The van der Waals surface area contributed by atoms with Crippen molar-refractivity contribution in [3.63, 3.8) is 0 Å². The number of carbonyl (C=O) groups is 1. The third kappa shape index (κ3) is 3.77. The number of hydrogen-bond acceptors (Lipinski definition) is 6. The van der Waals surface area contributed by atoms with E-state index < -0.39 is 10.0 Å². The van der Waals surface area contributed by atoms with Crippen LogP contribution in [0.5, 0.6) is 0 Å². The summed E-state index contributed by atoms with van der Waals surface area (Å²) in [4.78, 5) is 16.3. The van der Waals surface area contributed by atoms with Crippen LogP contribution >= 0.6 is 0 Å². The molecule has 1 aliphatic rings. The van der Waals surface area contributed by atoms with Crippen LogP contribution in [0.1, 0.15) is 23.2 Å². The summed E-state index contributed by atoms with van der Waals surface area (Å²) in [6, 6.07) is 3.16. The lowest BCUT2D eigenvalue weighted by Gasteiger charge is -2.15. The topological polar surface area (TPSA) is 110 Å². The Kier molecular flexibility index (Phi) is 4.86. The van der Waals surface area contributed by atoms with E-state index in [0.717, 1.165) is 12.8 Å². The molecule has 0 atom stereocenters. The van der Waals surface area contributed by atoms with Gasteiger partial charge in [0, 0.05) is 31.4 Å². The summed E-state index contributed by atoms with van der Waals surface area (Å²) in [6.07, 6.45) is 6.26. The lowest BCUT2D eigenvalue weighted by molar-refractivity contribution is 0.0956. The summed E-state index contributed by atoms with van der Waals surface area (Å²) in [7, 11) is -3.30. The number of nitrogens with one attached hydrogen (secondary N) is 1. The quantitative estimate of drug-likeness (QED) is 0.774. The zero-order valence-electron chi connectivity index (χ0n) is 13.0. The number of aromatic nitrogens is 4. The van der Waals surface area contributed by atoms with Gasteiger partial charge in [-0.25, -0.2) is 17.7 Å². The first kappa shape index (κ1) is 16.5. The molecule has 10 heteroatoms. The van der Waals surface area contributed by atoms with Crippen molar-refractivity contribution in [3.05, 3.63) is 36.5 Å². The average Bonchev–Trinajstić information content (AvgIpc) is 3.28. The number of rotatable bonds is 6. The molecule has 0 aromatic carbocycles. The zero-order valence-corrected chi connectivity index (χ0v) is 13.8. The standard InChI is InChI=1S/C14H18N6O3S/c21-14(16-5-8-24(22,23)20-6-1-2-7-20)12-3-4-15-13(9-12)19-10-17-18-11-19/h3-4,9-11H,1-2,5-8H2,(H,16,21). The van der Waals surface area contributed by atoms with E-state index in [9.17, 15) is 13.2 Å². The Balaban J connectivity index is 1.58. The number of pyridine rings is 1. The molecule has 0 saturated carbocycles. The molecule has 128 valence electrons. The molecule has 3 rings (SSSR count). The van der Waals surface area contributed by atoms with Gasteiger partial charge < -0.3 is 5.32 Å². The number of carbonyl (C=O) groups excluding carboxylic acids is 1. The van der Waals surface area contributed by atoms with Crippen LogP contribution in [0, 0.1) is 0 Å². The third-order valence-corrected chi connectivity index (χ3v) is 5.67. The average molecular weight is 350 g/mol. The fourth-order valence-corrected chi connectivity index (χ4v) is 3.94. The van der Waals surface area contributed by atoms with Crippen LogP contribution in [0.2, 0.25) is 0 Å².